The lowest BCUT2D eigenvalue weighted by molar-refractivity contribution is 0.0690. The van der Waals surface area contributed by atoms with Gasteiger partial charge in [-0.3, -0.25) is 0 Å². The fourth-order valence-electron chi connectivity index (χ4n) is 0.862. The average molecular weight is 185 g/mol. The average Bonchev–Trinajstić information content (AvgIpc) is 2.30. The zero-order valence-corrected chi connectivity index (χ0v) is 8.10. The minimum atomic E-state index is -0.935. The summed E-state index contributed by atoms with van der Waals surface area (Å²) in [6, 6.07) is 0. The molecule has 0 bridgehead atoms. The standard InChI is InChI=1S/C8H11NO2S/c1-4(2)7-9-6(8(10)11)5(3)12-7/h4H,1-3H3,(H,10,11). The van der Waals surface area contributed by atoms with Crippen molar-refractivity contribution < 1.29 is 9.90 Å². The molecule has 1 rings (SSSR count). The van der Waals surface area contributed by atoms with Gasteiger partial charge in [0.05, 0.1) is 5.01 Å². The van der Waals surface area contributed by atoms with Gasteiger partial charge in [0, 0.05) is 10.8 Å². The fraction of sp³-hybridized carbons (Fsp3) is 0.500. The molecule has 0 aliphatic carbocycles. The molecule has 1 N–H and O–H groups in total. The molecule has 0 amide bonds. The maximum atomic E-state index is 10.6. The number of rotatable bonds is 2. The second-order valence-corrected chi connectivity index (χ2v) is 4.15. The van der Waals surface area contributed by atoms with Crippen LogP contribution in [-0.2, 0) is 0 Å². The summed E-state index contributed by atoms with van der Waals surface area (Å²) in [7, 11) is 0. The van der Waals surface area contributed by atoms with Crippen LogP contribution in [0.15, 0.2) is 0 Å². The Kier molecular flexibility index (Phi) is 2.47. The van der Waals surface area contributed by atoms with E-state index >= 15 is 0 Å². The maximum absolute atomic E-state index is 10.6. The second-order valence-electron chi connectivity index (χ2n) is 2.92. The molecule has 1 heterocycles. The van der Waals surface area contributed by atoms with E-state index in [2.05, 4.69) is 4.98 Å². The Morgan fingerprint density at radius 2 is 2.17 bits per heavy atom. The first-order chi connectivity index (χ1) is 5.52. The van der Waals surface area contributed by atoms with Crippen LogP contribution in [0.1, 0.15) is 40.1 Å². The summed E-state index contributed by atoms with van der Waals surface area (Å²) in [5.41, 5.74) is 0.198. The number of aromatic carboxylic acids is 1. The Morgan fingerprint density at radius 1 is 1.58 bits per heavy atom. The summed E-state index contributed by atoms with van der Waals surface area (Å²) in [5, 5.41) is 9.60. The van der Waals surface area contributed by atoms with Gasteiger partial charge in [0.25, 0.3) is 0 Å². The smallest absolute Gasteiger partial charge is 0.355 e. The van der Waals surface area contributed by atoms with Gasteiger partial charge in [0.15, 0.2) is 5.69 Å². The minimum absolute atomic E-state index is 0.198. The number of nitrogens with zero attached hydrogens (tertiary/aromatic N) is 1. The summed E-state index contributed by atoms with van der Waals surface area (Å²) in [6.07, 6.45) is 0. The van der Waals surface area contributed by atoms with E-state index in [0.29, 0.717) is 5.92 Å². The number of thiazole rings is 1. The third-order valence-corrected chi connectivity index (χ3v) is 2.78. The molecular weight excluding hydrogens is 174 g/mol. The van der Waals surface area contributed by atoms with Crippen LogP contribution in [0.5, 0.6) is 0 Å². The van der Waals surface area contributed by atoms with E-state index in [-0.39, 0.29) is 5.69 Å². The maximum Gasteiger partial charge on any atom is 0.355 e. The lowest BCUT2D eigenvalue weighted by atomic mass is 10.2. The lowest BCUT2D eigenvalue weighted by Gasteiger charge is -1.94. The number of hydrogen-bond donors (Lipinski definition) is 1. The molecule has 0 aromatic carbocycles. The summed E-state index contributed by atoms with van der Waals surface area (Å²) >= 11 is 1.46. The molecule has 0 radical (unpaired) electrons. The Morgan fingerprint density at radius 3 is 2.42 bits per heavy atom. The molecule has 12 heavy (non-hydrogen) atoms. The second kappa shape index (κ2) is 3.23. The Balaban J connectivity index is 3.09. The van der Waals surface area contributed by atoms with Crippen molar-refractivity contribution in [2.24, 2.45) is 0 Å². The van der Waals surface area contributed by atoms with E-state index < -0.39 is 5.97 Å². The van der Waals surface area contributed by atoms with Crippen molar-refractivity contribution in [3.63, 3.8) is 0 Å². The Bertz CT molecular complexity index is 304. The van der Waals surface area contributed by atoms with Crippen LogP contribution >= 0.6 is 11.3 Å². The quantitative estimate of drug-likeness (QED) is 0.769. The van der Waals surface area contributed by atoms with Gasteiger partial charge in [-0.25, -0.2) is 9.78 Å². The molecule has 1 aromatic heterocycles. The van der Waals surface area contributed by atoms with E-state index in [4.69, 9.17) is 5.11 Å². The molecule has 0 spiro atoms. The van der Waals surface area contributed by atoms with E-state index in [1.807, 2.05) is 13.8 Å². The predicted molar refractivity (Wildman–Crippen MR) is 47.9 cm³/mol. The van der Waals surface area contributed by atoms with Gasteiger partial charge in [-0.05, 0) is 6.92 Å². The highest BCUT2D eigenvalue weighted by molar-refractivity contribution is 7.11. The highest BCUT2D eigenvalue weighted by Gasteiger charge is 2.15. The number of aromatic nitrogens is 1. The van der Waals surface area contributed by atoms with Gasteiger partial charge in [-0.2, -0.15) is 0 Å². The number of hydrogen-bond acceptors (Lipinski definition) is 3. The highest BCUT2D eigenvalue weighted by atomic mass is 32.1. The largest absolute Gasteiger partial charge is 0.476 e. The van der Waals surface area contributed by atoms with Crippen LogP contribution in [0.25, 0.3) is 0 Å². The molecule has 0 aliphatic heterocycles. The molecule has 0 unspecified atom stereocenters. The van der Waals surface area contributed by atoms with Crippen molar-refractivity contribution in [1.29, 1.82) is 0 Å². The zero-order chi connectivity index (χ0) is 9.30. The molecule has 0 saturated carbocycles. The number of aryl methyl sites for hydroxylation is 1. The lowest BCUT2D eigenvalue weighted by Crippen LogP contribution is -1.99. The molecule has 66 valence electrons. The first-order valence-corrected chi connectivity index (χ1v) is 4.54. The van der Waals surface area contributed by atoms with E-state index in [0.717, 1.165) is 9.88 Å². The van der Waals surface area contributed by atoms with Crippen molar-refractivity contribution >= 4 is 17.3 Å². The highest BCUT2D eigenvalue weighted by Crippen LogP contribution is 2.23. The van der Waals surface area contributed by atoms with Gasteiger partial charge >= 0.3 is 5.97 Å². The molecule has 4 heteroatoms. The predicted octanol–water partition coefficient (Wildman–Crippen LogP) is 2.27. The van der Waals surface area contributed by atoms with Crippen LogP contribution in [0.3, 0.4) is 0 Å². The molecule has 0 fully saturated rings. The summed E-state index contributed by atoms with van der Waals surface area (Å²) in [4.78, 5) is 15.4. The van der Waals surface area contributed by atoms with Crippen molar-refractivity contribution in [2.45, 2.75) is 26.7 Å². The molecule has 3 nitrogen and oxygen atoms in total. The first kappa shape index (κ1) is 9.19. The zero-order valence-electron chi connectivity index (χ0n) is 7.29. The van der Waals surface area contributed by atoms with Crippen molar-refractivity contribution in [2.75, 3.05) is 0 Å². The molecular formula is C8H11NO2S. The SMILES string of the molecule is Cc1sc(C(C)C)nc1C(=O)O. The van der Waals surface area contributed by atoms with Crippen molar-refractivity contribution in [1.82, 2.24) is 4.98 Å². The number of carboxylic acid groups (broad SMARTS) is 1. The van der Waals surface area contributed by atoms with E-state index in [1.165, 1.54) is 11.3 Å². The van der Waals surface area contributed by atoms with Gasteiger partial charge in [0.2, 0.25) is 0 Å². The molecule has 0 aliphatic rings. The first-order valence-electron chi connectivity index (χ1n) is 3.73. The number of carboxylic acids is 1. The van der Waals surface area contributed by atoms with Crippen LogP contribution in [0.4, 0.5) is 0 Å². The van der Waals surface area contributed by atoms with E-state index in [9.17, 15) is 4.79 Å². The molecule has 0 saturated heterocycles. The van der Waals surface area contributed by atoms with Crippen molar-refractivity contribution in [3.05, 3.63) is 15.6 Å². The minimum Gasteiger partial charge on any atom is -0.476 e. The third-order valence-electron chi connectivity index (χ3n) is 1.51. The van der Waals surface area contributed by atoms with E-state index in [1.54, 1.807) is 6.92 Å². The monoisotopic (exact) mass is 185 g/mol. The summed E-state index contributed by atoms with van der Waals surface area (Å²) in [5.74, 6) is -0.627. The normalized spacial score (nSPS) is 10.7. The molecule has 0 atom stereocenters. The Labute approximate surface area is 75.1 Å². The van der Waals surface area contributed by atoms with Crippen LogP contribution in [-0.4, -0.2) is 16.1 Å². The summed E-state index contributed by atoms with van der Waals surface area (Å²) in [6.45, 7) is 5.79. The number of carbonyl (C=O) groups is 1. The fourth-order valence-corrected chi connectivity index (χ4v) is 1.78. The van der Waals surface area contributed by atoms with Gasteiger partial charge < -0.3 is 5.11 Å². The van der Waals surface area contributed by atoms with Gasteiger partial charge in [0.1, 0.15) is 0 Å². The van der Waals surface area contributed by atoms with Crippen LogP contribution in [0, 0.1) is 6.92 Å². The molecule has 1 aromatic rings. The Hall–Kier alpha value is -0.900. The van der Waals surface area contributed by atoms with Gasteiger partial charge in [-0.15, -0.1) is 11.3 Å². The topological polar surface area (TPSA) is 50.2 Å². The third kappa shape index (κ3) is 1.64. The van der Waals surface area contributed by atoms with Crippen molar-refractivity contribution in [3.8, 4) is 0 Å². The van der Waals surface area contributed by atoms with Crippen LogP contribution in [0.2, 0.25) is 0 Å². The van der Waals surface area contributed by atoms with Gasteiger partial charge in [-0.1, -0.05) is 13.8 Å². The summed E-state index contributed by atoms with van der Waals surface area (Å²) < 4.78 is 0. The van der Waals surface area contributed by atoms with Crippen LogP contribution < -0.4 is 0 Å².